The van der Waals surface area contributed by atoms with Gasteiger partial charge in [-0.15, -0.1) is 0 Å². The standard InChI is InChI=1S/C12H21NO4/c1-9-7-12(11(14)15,8-10(2)17-9)13-3-5-16-6-4-13/h9-10H,3-8H2,1-2H3,(H,14,15). The third-order valence-electron chi connectivity index (χ3n) is 3.73. The van der Waals surface area contributed by atoms with Crippen LogP contribution < -0.4 is 0 Å². The summed E-state index contributed by atoms with van der Waals surface area (Å²) >= 11 is 0. The number of rotatable bonds is 2. The second kappa shape index (κ2) is 4.92. The molecule has 2 fully saturated rings. The van der Waals surface area contributed by atoms with E-state index < -0.39 is 11.5 Å². The van der Waals surface area contributed by atoms with Crippen molar-refractivity contribution in [3.8, 4) is 0 Å². The first-order chi connectivity index (χ1) is 8.04. The van der Waals surface area contributed by atoms with Gasteiger partial charge in [-0.3, -0.25) is 9.69 Å². The highest BCUT2D eigenvalue weighted by Crippen LogP contribution is 2.35. The zero-order valence-corrected chi connectivity index (χ0v) is 10.5. The molecule has 2 unspecified atom stereocenters. The quantitative estimate of drug-likeness (QED) is 0.774. The fourth-order valence-electron chi connectivity index (χ4n) is 3.09. The lowest BCUT2D eigenvalue weighted by molar-refractivity contribution is -0.174. The van der Waals surface area contributed by atoms with Gasteiger partial charge in [0.15, 0.2) is 0 Å². The maximum atomic E-state index is 11.7. The lowest BCUT2D eigenvalue weighted by Crippen LogP contribution is -2.62. The molecule has 98 valence electrons. The molecule has 0 aromatic rings. The zero-order valence-electron chi connectivity index (χ0n) is 10.5. The molecule has 0 aromatic heterocycles. The Hall–Kier alpha value is -0.650. The minimum Gasteiger partial charge on any atom is -0.480 e. The van der Waals surface area contributed by atoms with Gasteiger partial charge in [0.2, 0.25) is 0 Å². The summed E-state index contributed by atoms with van der Waals surface area (Å²) in [6, 6.07) is 0. The number of hydrogen-bond donors (Lipinski definition) is 1. The second-order valence-electron chi connectivity index (χ2n) is 5.10. The molecule has 0 aliphatic carbocycles. The Bertz CT molecular complexity index is 278. The summed E-state index contributed by atoms with van der Waals surface area (Å²) < 4.78 is 11.0. The molecule has 0 bridgehead atoms. The summed E-state index contributed by atoms with van der Waals surface area (Å²) in [4.78, 5) is 13.8. The summed E-state index contributed by atoms with van der Waals surface area (Å²) in [6.07, 6.45) is 1.12. The summed E-state index contributed by atoms with van der Waals surface area (Å²) in [7, 11) is 0. The predicted octanol–water partition coefficient (Wildman–Crippen LogP) is 0.729. The Morgan fingerprint density at radius 2 is 1.76 bits per heavy atom. The van der Waals surface area contributed by atoms with Gasteiger partial charge >= 0.3 is 5.97 Å². The van der Waals surface area contributed by atoms with Gasteiger partial charge in [-0.25, -0.2) is 0 Å². The van der Waals surface area contributed by atoms with Crippen LogP contribution >= 0.6 is 0 Å². The van der Waals surface area contributed by atoms with Gasteiger partial charge in [0, 0.05) is 25.9 Å². The van der Waals surface area contributed by atoms with Crippen LogP contribution in [0.15, 0.2) is 0 Å². The van der Waals surface area contributed by atoms with Crippen molar-refractivity contribution in [2.75, 3.05) is 26.3 Å². The van der Waals surface area contributed by atoms with Crippen molar-refractivity contribution < 1.29 is 19.4 Å². The Morgan fingerprint density at radius 1 is 1.24 bits per heavy atom. The summed E-state index contributed by atoms with van der Waals surface area (Å²) in [6.45, 7) is 6.55. The first-order valence-corrected chi connectivity index (χ1v) is 6.26. The average Bonchev–Trinajstić information content (AvgIpc) is 2.28. The van der Waals surface area contributed by atoms with Crippen LogP contribution in [0.1, 0.15) is 26.7 Å². The maximum absolute atomic E-state index is 11.7. The molecular weight excluding hydrogens is 222 g/mol. The van der Waals surface area contributed by atoms with E-state index in [4.69, 9.17) is 9.47 Å². The number of nitrogens with zero attached hydrogens (tertiary/aromatic N) is 1. The molecule has 0 spiro atoms. The van der Waals surface area contributed by atoms with Crippen molar-refractivity contribution in [3.05, 3.63) is 0 Å². The van der Waals surface area contributed by atoms with Gasteiger partial charge in [0.1, 0.15) is 5.54 Å². The topological polar surface area (TPSA) is 59.0 Å². The monoisotopic (exact) mass is 243 g/mol. The molecule has 0 aromatic carbocycles. The van der Waals surface area contributed by atoms with Gasteiger partial charge in [-0.2, -0.15) is 0 Å². The van der Waals surface area contributed by atoms with Gasteiger partial charge in [0.25, 0.3) is 0 Å². The van der Waals surface area contributed by atoms with E-state index in [9.17, 15) is 9.90 Å². The Kier molecular flexibility index (Phi) is 3.70. The van der Waals surface area contributed by atoms with Crippen molar-refractivity contribution in [2.24, 2.45) is 0 Å². The molecule has 17 heavy (non-hydrogen) atoms. The molecule has 2 aliphatic heterocycles. The summed E-state index contributed by atoms with van der Waals surface area (Å²) in [5, 5.41) is 9.64. The van der Waals surface area contributed by atoms with Crippen LogP contribution in [-0.4, -0.2) is 60.0 Å². The lowest BCUT2D eigenvalue weighted by atomic mass is 9.82. The van der Waals surface area contributed by atoms with E-state index in [1.54, 1.807) is 0 Å². The molecule has 2 atom stereocenters. The van der Waals surface area contributed by atoms with Crippen molar-refractivity contribution in [1.29, 1.82) is 0 Å². The van der Waals surface area contributed by atoms with Crippen LogP contribution in [0, 0.1) is 0 Å². The number of aliphatic carboxylic acids is 1. The number of hydrogen-bond acceptors (Lipinski definition) is 4. The van der Waals surface area contributed by atoms with E-state index in [0.29, 0.717) is 39.1 Å². The zero-order chi connectivity index (χ0) is 12.5. The van der Waals surface area contributed by atoms with E-state index in [1.807, 2.05) is 13.8 Å². The van der Waals surface area contributed by atoms with Gasteiger partial charge in [0.05, 0.1) is 25.4 Å². The SMILES string of the molecule is CC1CC(C(=O)O)(N2CCOCC2)CC(C)O1. The van der Waals surface area contributed by atoms with Crippen molar-refractivity contribution in [1.82, 2.24) is 4.90 Å². The van der Waals surface area contributed by atoms with E-state index in [0.717, 1.165) is 0 Å². The number of ether oxygens (including phenoxy) is 2. The molecule has 5 heteroatoms. The van der Waals surface area contributed by atoms with Crippen LogP contribution in [0.3, 0.4) is 0 Å². The van der Waals surface area contributed by atoms with Gasteiger partial charge in [-0.05, 0) is 13.8 Å². The first kappa shape index (κ1) is 12.8. The molecule has 1 N–H and O–H groups in total. The van der Waals surface area contributed by atoms with Crippen LogP contribution in [0.5, 0.6) is 0 Å². The largest absolute Gasteiger partial charge is 0.480 e. The van der Waals surface area contributed by atoms with Crippen LogP contribution in [-0.2, 0) is 14.3 Å². The maximum Gasteiger partial charge on any atom is 0.324 e. The minimum absolute atomic E-state index is 0.00213. The third kappa shape index (κ3) is 2.46. The number of carbonyl (C=O) groups is 1. The Morgan fingerprint density at radius 3 is 2.24 bits per heavy atom. The first-order valence-electron chi connectivity index (χ1n) is 6.26. The van der Waals surface area contributed by atoms with Crippen LogP contribution in [0.4, 0.5) is 0 Å². The molecular formula is C12H21NO4. The fourth-order valence-corrected chi connectivity index (χ4v) is 3.09. The highest BCUT2D eigenvalue weighted by atomic mass is 16.5. The van der Waals surface area contributed by atoms with Crippen molar-refractivity contribution in [3.63, 3.8) is 0 Å². The van der Waals surface area contributed by atoms with E-state index in [2.05, 4.69) is 4.90 Å². The lowest BCUT2D eigenvalue weighted by Gasteiger charge is -2.48. The molecule has 0 radical (unpaired) electrons. The molecule has 2 heterocycles. The highest BCUT2D eigenvalue weighted by molar-refractivity contribution is 5.79. The van der Waals surface area contributed by atoms with Crippen LogP contribution in [0.25, 0.3) is 0 Å². The number of carboxylic acids is 1. The number of carboxylic acid groups (broad SMARTS) is 1. The molecule has 0 saturated carbocycles. The molecule has 5 nitrogen and oxygen atoms in total. The van der Waals surface area contributed by atoms with E-state index in [1.165, 1.54) is 0 Å². The molecule has 2 aliphatic rings. The predicted molar refractivity (Wildman–Crippen MR) is 62.0 cm³/mol. The average molecular weight is 243 g/mol. The smallest absolute Gasteiger partial charge is 0.324 e. The van der Waals surface area contributed by atoms with Crippen molar-refractivity contribution in [2.45, 2.75) is 44.4 Å². The van der Waals surface area contributed by atoms with Gasteiger partial charge in [-0.1, -0.05) is 0 Å². The molecule has 0 amide bonds. The molecule has 2 rings (SSSR count). The summed E-state index contributed by atoms with van der Waals surface area (Å²) in [5.41, 5.74) is -0.763. The Labute approximate surface area is 102 Å². The third-order valence-corrected chi connectivity index (χ3v) is 3.73. The minimum atomic E-state index is -0.763. The fraction of sp³-hybridized carbons (Fsp3) is 0.917. The molecule has 2 saturated heterocycles. The Balaban J connectivity index is 2.21. The number of morpholine rings is 1. The van der Waals surface area contributed by atoms with Gasteiger partial charge < -0.3 is 14.6 Å². The normalized spacial score (nSPS) is 40.1. The van der Waals surface area contributed by atoms with E-state index in [-0.39, 0.29) is 12.2 Å². The van der Waals surface area contributed by atoms with Crippen LogP contribution in [0.2, 0.25) is 0 Å². The van der Waals surface area contributed by atoms with E-state index >= 15 is 0 Å². The van der Waals surface area contributed by atoms with Crippen molar-refractivity contribution >= 4 is 5.97 Å². The summed E-state index contributed by atoms with van der Waals surface area (Å²) in [5.74, 6) is -0.721. The highest BCUT2D eigenvalue weighted by Gasteiger charge is 2.49. The second-order valence-corrected chi connectivity index (χ2v) is 5.10.